The van der Waals surface area contributed by atoms with Crippen molar-refractivity contribution in [3.63, 3.8) is 0 Å². The monoisotopic (exact) mass is 435 g/mol. The van der Waals surface area contributed by atoms with Crippen molar-refractivity contribution in [1.29, 1.82) is 0 Å². The van der Waals surface area contributed by atoms with Crippen molar-refractivity contribution in [2.45, 2.75) is 72.6 Å². The van der Waals surface area contributed by atoms with Crippen molar-refractivity contribution in [2.75, 3.05) is 12.4 Å². The molecule has 0 spiro atoms. The minimum absolute atomic E-state index is 0.0815. The lowest BCUT2D eigenvalue weighted by Gasteiger charge is -2.59. The molecule has 5 nitrogen and oxygen atoms in total. The van der Waals surface area contributed by atoms with Crippen molar-refractivity contribution in [1.82, 2.24) is 9.88 Å². The average Bonchev–Trinajstić information content (AvgIpc) is 3.13. The zero-order chi connectivity index (χ0) is 22.8. The Morgan fingerprint density at radius 3 is 2.69 bits per heavy atom. The highest BCUT2D eigenvalue weighted by molar-refractivity contribution is 6.07. The van der Waals surface area contributed by atoms with Crippen LogP contribution in [-0.2, 0) is 9.59 Å². The highest BCUT2D eigenvalue weighted by Crippen LogP contribution is 2.65. The number of nitrogens with zero attached hydrogens (tertiary/aromatic N) is 2. The van der Waals surface area contributed by atoms with Crippen molar-refractivity contribution in [3.8, 4) is 0 Å². The second-order valence-electron chi connectivity index (χ2n) is 11.5. The Kier molecular flexibility index (Phi) is 5.03. The van der Waals surface area contributed by atoms with E-state index in [0.29, 0.717) is 29.5 Å². The Bertz CT molecular complexity index is 1000. The van der Waals surface area contributed by atoms with Crippen LogP contribution in [0.5, 0.6) is 0 Å². The van der Waals surface area contributed by atoms with E-state index in [1.807, 2.05) is 31.0 Å². The molecule has 0 radical (unpaired) electrons. The third kappa shape index (κ3) is 3.14. The van der Waals surface area contributed by atoms with Gasteiger partial charge in [-0.25, -0.2) is 4.98 Å². The fourth-order valence-corrected chi connectivity index (χ4v) is 8.27. The van der Waals surface area contributed by atoms with Crippen molar-refractivity contribution in [2.24, 2.45) is 34.5 Å². The number of allylic oxidation sites excluding steroid dienone is 2. The van der Waals surface area contributed by atoms with Crippen LogP contribution in [0, 0.1) is 41.4 Å². The number of hydrogen-bond donors (Lipinski definition) is 1. The summed E-state index contributed by atoms with van der Waals surface area (Å²) in [5.74, 6) is 1.55. The largest absolute Gasteiger partial charge is 0.318 e. The molecule has 3 aliphatic carbocycles. The number of rotatable bonds is 2. The maximum Gasteiger partial charge on any atom is 0.239 e. The Balaban J connectivity index is 1.48. The van der Waals surface area contributed by atoms with E-state index in [1.165, 1.54) is 43.4 Å². The molecule has 1 saturated heterocycles. The summed E-state index contributed by atoms with van der Waals surface area (Å²) >= 11 is 0. The summed E-state index contributed by atoms with van der Waals surface area (Å²) in [6, 6.07) is 5.57. The summed E-state index contributed by atoms with van der Waals surface area (Å²) < 4.78 is 0. The van der Waals surface area contributed by atoms with Crippen LogP contribution in [0.2, 0.25) is 0 Å². The SMILES string of the molecule is CC1=C2N(C)C(=O)C(C(=O)Nc3cccc(C)n3)C[C@]2(C)[C@@H]2CC[C@]3(C)CCC[C@H]3[C@@H]2C1. The van der Waals surface area contributed by atoms with E-state index in [1.54, 1.807) is 6.07 Å². The van der Waals surface area contributed by atoms with Gasteiger partial charge in [0.05, 0.1) is 0 Å². The number of pyridine rings is 1. The van der Waals surface area contributed by atoms with Gasteiger partial charge in [-0.2, -0.15) is 0 Å². The summed E-state index contributed by atoms with van der Waals surface area (Å²) in [7, 11) is 1.88. The van der Waals surface area contributed by atoms with Crippen LogP contribution in [0.3, 0.4) is 0 Å². The number of likely N-dealkylation sites (tertiary alicyclic amines) is 1. The van der Waals surface area contributed by atoms with E-state index in [9.17, 15) is 9.59 Å². The molecule has 6 atom stereocenters. The third-order valence-corrected chi connectivity index (χ3v) is 9.57. The second kappa shape index (κ2) is 7.43. The molecule has 2 amide bonds. The van der Waals surface area contributed by atoms with Gasteiger partial charge in [-0.1, -0.05) is 31.9 Å². The van der Waals surface area contributed by atoms with Crippen molar-refractivity contribution in [3.05, 3.63) is 35.2 Å². The second-order valence-corrected chi connectivity index (χ2v) is 11.5. The molecule has 172 valence electrons. The number of anilines is 1. The number of hydrogen-bond acceptors (Lipinski definition) is 3. The first-order valence-corrected chi connectivity index (χ1v) is 12.4. The smallest absolute Gasteiger partial charge is 0.239 e. The number of aryl methyl sites for hydroxylation is 1. The lowest BCUT2D eigenvalue weighted by atomic mass is 9.48. The molecule has 0 bridgehead atoms. The van der Waals surface area contributed by atoms with Gasteiger partial charge in [0.25, 0.3) is 0 Å². The van der Waals surface area contributed by atoms with Gasteiger partial charge >= 0.3 is 0 Å². The van der Waals surface area contributed by atoms with E-state index < -0.39 is 5.92 Å². The normalized spacial score (nSPS) is 38.8. The molecule has 1 aliphatic heterocycles. The fraction of sp³-hybridized carbons (Fsp3) is 0.667. The third-order valence-electron chi connectivity index (χ3n) is 9.57. The van der Waals surface area contributed by atoms with Crippen LogP contribution in [-0.4, -0.2) is 28.7 Å². The van der Waals surface area contributed by atoms with Crippen LogP contribution < -0.4 is 5.32 Å². The van der Waals surface area contributed by atoms with Crippen LogP contribution in [0.25, 0.3) is 0 Å². The van der Waals surface area contributed by atoms with Gasteiger partial charge in [-0.15, -0.1) is 0 Å². The van der Waals surface area contributed by atoms with Crippen LogP contribution in [0.1, 0.15) is 71.4 Å². The summed E-state index contributed by atoms with van der Waals surface area (Å²) in [5, 5.41) is 2.93. The molecule has 1 unspecified atom stereocenters. The van der Waals surface area contributed by atoms with Gasteiger partial charge < -0.3 is 10.2 Å². The fourth-order valence-electron chi connectivity index (χ4n) is 8.27. The number of aromatic nitrogens is 1. The molecular formula is C27H37N3O2. The predicted octanol–water partition coefficient (Wildman–Crippen LogP) is 5.32. The first-order chi connectivity index (χ1) is 15.1. The van der Waals surface area contributed by atoms with Gasteiger partial charge in [0.2, 0.25) is 11.8 Å². The topological polar surface area (TPSA) is 62.3 Å². The van der Waals surface area contributed by atoms with E-state index in [-0.39, 0.29) is 17.2 Å². The minimum atomic E-state index is -0.667. The zero-order valence-electron chi connectivity index (χ0n) is 20.2. The van der Waals surface area contributed by atoms with E-state index in [4.69, 9.17) is 0 Å². The van der Waals surface area contributed by atoms with Crippen molar-refractivity contribution >= 4 is 17.6 Å². The Labute approximate surface area is 192 Å². The van der Waals surface area contributed by atoms with Crippen molar-refractivity contribution < 1.29 is 9.59 Å². The molecule has 1 N–H and O–H groups in total. The van der Waals surface area contributed by atoms with E-state index in [0.717, 1.165) is 18.0 Å². The molecule has 2 heterocycles. The quantitative estimate of drug-likeness (QED) is 0.639. The summed E-state index contributed by atoms with van der Waals surface area (Å²) in [4.78, 5) is 32.9. The molecular weight excluding hydrogens is 398 g/mol. The van der Waals surface area contributed by atoms with Gasteiger partial charge in [0.15, 0.2) is 0 Å². The predicted molar refractivity (Wildman–Crippen MR) is 126 cm³/mol. The molecule has 5 rings (SSSR count). The molecule has 1 aromatic rings. The lowest BCUT2D eigenvalue weighted by Crippen LogP contribution is -2.57. The average molecular weight is 436 g/mol. The highest BCUT2D eigenvalue weighted by atomic mass is 16.2. The molecule has 32 heavy (non-hydrogen) atoms. The number of carbonyl (C=O) groups is 2. The summed E-state index contributed by atoms with van der Waals surface area (Å²) in [6.45, 7) is 8.98. The Morgan fingerprint density at radius 2 is 1.94 bits per heavy atom. The summed E-state index contributed by atoms with van der Waals surface area (Å²) in [5.41, 5.74) is 3.75. The number of amides is 2. The van der Waals surface area contributed by atoms with Gasteiger partial charge in [0.1, 0.15) is 11.7 Å². The number of nitrogens with one attached hydrogen (secondary N) is 1. The standard InChI is InChI=1S/C27H37N3O2/c1-16-14-18-20-9-7-12-26(20,3)13-11-21(18)27(4)15-19(25(32)30(5)23(16)27)24(31)29-22-10-6-8-17(2)28-22/h6,8,10,18-21H,7,9,11-15H2,1-5H3,(H,28,29,31)/t18-,19?,20-,21+,26-,27+/m0/s1. The Hall–Kier alpha value is -2.17. The molecule has 1 aromatic heterocycles. The number of fused-ring (bicyclic) bond motifs is 5. The minimum Gasteiger partial charge on any atom is -0.318 e. The first kappa shape index (κ1) is 21.7. The maximum atomic E-state index is 13.4. The maximum absolute atomic E-state index is 13.4. The molecule has 0 aromatic carbocycles. The molecule has 5 heteroatoms. The Morgan fingerprint density at radius 1 is 1.16 bits per heavy atom. The molecule has 2 saturated carbocycles. The zero-order valence-corrected chi connectivity index (χ0v) is 20.2. The number of carbonyl (C=O) groups excluding carboxylic acids is 2. The van der Waals surface area contributed by atoms with Gasteiger partial charge in [-0.3, -0.25) is 9.59 Å². The van der Waals surface area contributed by atoms with Crippen LogP contribution >= 0.6 is 0 Å². The van der Waals surface area contributed by atoms with Gasteiger partial charge in [0, 0.05) is 23.9 Å². The van der Waals surface area contributed by atoms with E-state index in [2.05, 4.69) is 31.1 Å². The van der Waals surface area contributed by atoms with Gasteiger partial charge in [-0.05, 0) is 87.7 Å². The van der Waals surface area contributed by atoms with E-state index >= 15 is 0 Å². The number of piperidine rings is 1. The first-order valence-electron chi connectivity index (χ1n) is 12.4. The molecule has 4 aliphatic rings. The highest BCUT2D eigenvalue weighted by Gasteiger charge is 2.60. The van der Waals surface area contributed by atoms with Crippen LogP contribution in [0.15, 0.2) is 29.5 Å². The summed E-state index contributed by atoms with van der Waals surface area (Å²) in [6.07, 6.45) is 8.25. The lowest BCUT2D eigenvalue weighted by molar-refractivity contribution is -0.147. The molecule has 3 fully saturated rings. The van der Waals surface area contributed by atoms with Crippen LogP contribution in [0.4, 0.5) is 5.82 Å².